The number of halogens is 1. The molecule has 0 aliphatic rings. The van der Waals surface area contributed by atoms with E-state index < -0.39 is 28.5 Å². The highest BCUT2D eigenvalue weighted by Gasteiger charge is 2.33. The van der Waals surface area contributed by atoms with E-state index in [9.17, 15) is 18.0 Å². The van der Waals surface area contributed by atoms with Crippen molar-refractivity contribution in [2.75, 3.05) is 31.6 Å². The van der Waals surface area contributed by atoms with Crippen molar-refractivity contribution in [1.29, 1.82) is 0 Å². The fraction of sp³-hybridized carbons (Fsp3) is 0.355. The van der Waals surface area contributed by atoms with Gasteiger partial charge in [0, 0.05) is 18.1 Å². The van der Waals surface area contributed by atoms with Crippen LogP contribution in [0.3, 0.4) is 0 Å². The Morgan fingerprint density at radius 1 is 0.929 bits per heavy atom. The molecule has 0 aromatic heterocycles. The van der Waals surface area contributed by atoms with E-state index >= 15 is 0 Å². The molecule has 1 N–H and O–H groups in total. The second-order valence-electron chi connectivity index (χ2n) is 10.1. The summed E-state index contributed by atoms with van der Waals surface area (Å²) in [6.45, 7) is 5.75. The lowest BCUT2D eigenvalue weighted by atomic mass is 10.1. The first-order valence-corrected chi connectivity index (χ1v) is 15.4. The molecule has 42 heavy (non-hydrogen) atoms. The number of amides is 2. The molecule has 11 heteroatoms. The number of carbonyl (C=O) groups is 2. The van der Waals surface area contributed by atoms with Crippen LogP contribution in [0.1, 0.15) is 32.8 Å². The van der Waals surface area contributed by atoms with E-state index in [1.54, 1.807) is 49.6 Å². The summed E-state index contributed by atoms with van der Waals surface area (Å²) in [5, 5.41) is 3.23. The van der Waals surface area contributed by atoms with Crippen LogP contribution in [0, 0.1) is 5.92 Å². The molecule has 0 bridgehead atoms. The smallest absolute Gasteiger partial charge is 0.264 e. The summed E-state index contributed by atoms with van der Waals surface area (Å²) in [5.74, 6) is 0.499. The van der Waals surface area contributed by atoms with E-state index in [2.05, 4.69) is 5.32 Å². The largest absolute Gasteiger partial charge is 0.497 e. The normalized spacial score (nSPS) is 12.0. The average Bonchev–Trinajstić information content (AvgIpc) is 2.98. The number of benzene rings is 3. The lowest BCUT2D eigenvalue weighted by Gasteiger charge is -2.33. The van der Waals surface area contributed by atoms with E-state index in [0.717, 1.165) is 9.87 Å². The number of methoxy groups -OCH3 is 2. The number of hydrogen-bond acceptors (Lipinski definition) is 6. The third-order valence-corrected chi connectivity index (χ3v) is 8.63. The summed E-state index contributed by atoms with van der Waals surface area (Å²) in [6, 6.07) is 18.5. The van der Waals surface area contributed by atoms with Gasteiger partial charge in [0.1, 0.15) is 24.1 Å². The summed E-state index contributed by atoms with van der Waals surface area (Å²) in [4.78, 5) is 28.8. The second-order valence-corrected chi connectivity index (χ2v) is 12.4. The van der Waals surface area contributed by atoms with E-state index in [-0.39, 0.29) is 29.0 Å². The molecule has 0 saturated carbocycles. The van der Waals surface area contributed by atoms with Gasteiger partial charge in [-0.1, -0.05) is 50.6 Å². The SMILES string of the molecule is CC[C@H](C(=O)NCC(C)C)N(Cc1ccc(OC)cc1)C(=O)CN(c1cccc(Cl)c1)S(=O)(=O)c1ccc(OC)cc1. The first-order chi connectivity index (χ1) is 20.0. The Morgan fingerprint density at radius 2 is 1.52 bits per heavy atom. The summed E-state index contributed by atoms with van der Waals surface area (Å²) >= 11 is 6.23. The highest BCUT2D eigenvalue weighted by Crippen LogP contribution is 2.28. The van der Waals surface area contributed by atoms with Crippen molar-refractivity contribution in [1.82, 2.24) is 10.2 Å². The number of nitrogens with zero attached hydrogens (tertiary/aromatic N) is 2. The fourth-order valence-corrected chi connectivity index (χ4v) is 5.90. The maximum atomic E-state index is 14.1. The van der Waals surface area contributed by atoms with Crippen molar-refractivity contribution < 1.29 is 27.5 Å². The first kappa shape index (κ1) is 32.8. The summed E-state index contributed by atoms with van der Waals surface area (Å²) in [6.07, 6.45) is 0.328. The van der Waals surface area contributed by atoms with Crippen molar-refractivity contribution in [2.24, 2.45) is 5.92 Å². The van der Waals surface area contributed by atoms with Gasteiger partial charge in [0.15, 0.2) is 0 Å². The number of sulfonamides is 1. The molecule has 9 nitrogen and oxygen atoms in total. The van der Waals surface area contributed by atoms with Crippen molar-refractivity contribution >= 4 is 39.1 Å². The quantitative estimate of drug-likeness (QED) is 0.270. The third kappa shape index (κ3) is 8.39. The zero-order valence-electron chi connectivity index (χ0n) is 24.5. The van der Waals surface area contributed by atoms with Crippen LogP contribution in [0.4, 0.5) is 5.69 Å². The predicted octanol–water partition coefficient (Wildman–Crippen LogP) is 5.13. The van der Waals surface area contributed by atoms with E-state index in [4.69, 9.17) is 21.1 Å². The van der Waals surface area contributed by atoms with Crippen LogP contribution in [-0.2, 0) is 26.2 Å². The molecular weight excluding hydrogens is 578 g/mol. The maximum absolute atomic E-state index is 14.1. The summed E-state index contributed by atoms with van der Waals surface area (Å²) in [5.41, 5.74) is 0.972. The minimum Gasteiger partial charge on any atom is -0.497 e. The molecule has 3 rings (SSSR count). The highest BCUT2D eigenvalue weighted by molar-refractivity contribution is 7.92. The second kappa shape index (κ2) is 14.9. The lowest BCUT2D eigenvalue weighted by molar-refractivity contribution is -0.140. The van der Waals surface area contributed by atoms with E-state index in [0.29, 0.717) is 29.5 Å². The molecule has 1 atom stereocenters. The minimum atomic E-state index is -4.23. The fourth-order valence-electron chi connectivity index (χ4n) is 4.30. The van der Waals surface area contributed by atoms with E-state index in [1.807, 2.05) is 20.8 Å². The van der Waals surface area contributed by atoms with Gasteiger partial charge in [-0.2, -0.15) is 0 Å². The van der Waals surface area contributed by atoms with Gasteiger partial charge in [-0.15, -0.1) is 0 Å². The Hall–Kier alpha value is -3.76. The van der Waals surface area contributed by atoms with Crippen LogP contribution >= 0.6 is 11.6 Å². The molecule has 0 radical (unpaired) electrons. The summed E-state index contributed by atoms with van der Waals surface area (Å²) in [7, 11) is -1.18. The minimum absolute atomic E-state index is 0.0282. The number of rotatable bonds is 14. The van der Waals surface area contributed by atoms with E-state index in [1.165, 1.54) is 42.3 Å². The third-order valence-electron chi connectivity index (χ3n) is 6.60. The van der Waals surface area contributed by atoms with Gasteiger partial charge in [0.05, 0.1) is 24.8 Å². The molecule has 0 unspecified atom stereocenters. The zero-order valence-corrected chi connectivity index (χ0v) is 26.1. The first-order valence-electron chi connectivity index (χ1n) is 13.6. The van der Waals surface area contributed by atoms with Crippen LogP contribution in [0.15, 0.2) is 77.7 Å². The van der Waals surface area contributed by atoms with Gasteiger partial charge in [0.25, 0.3) is 10.0 Å². The van der Waals surface area contributed by atoms with Crippen molar-refractivity contribution in [3.63, 3.8) is 0 Å². The summed E-state index contributed by atoms with van der Waals surface area (Å²) < 4.78 is 39.4. The number of ether oxygens (including phenoxy) is 2. The van der Waals surface area contributed by atoms with Crippen LogP contribution in [0.25, 0.3) is 0 Å². The Morgan fingerprint density at radius 3 is 2.05 bits per heavy atom. The molecule has 0 heterocycles. The number of anilines is 1. The van der Waals surface area contributed by atoms with Gasteiger partial charge < -0.3 is 19.7 Å². The molecule has 3 aromatic carbocycles. The number of carbonyl (C=O) groups excluding carboxylic acids is 2. The van der Waals surface area contributed by atoms with Crippen LogP contribution in [-0.4, -0.2) is 58.5 Å². The molecule has 0 aliphatic carbocycles. The van der Waals surface area contributed by atoms with Crippen LogP contribution < -0.4 is 19.1 Å². The van der Waals surface area contributed by atoms with Gasteiger partial charge >= 0.3 is 0 Å². The highest BCUT2D eigenvalue weighted by atomic mass is 35.5. The topological polar surface area (TPSA) is 105 Å². The molecule has 0 saturated heterocycles. The Labute approximate surface area is 253 Å². The Balaban J connectivity index is 2.04. The van der Waals surface area contributed by atoms with Crippen LogP contribution in [0.2, 0.25) is 5.02 Å². The van der Waals surface area contributed by atoms with Crippen molar-refractivity contribution in [2.45, 2.75) is 44.7 Å². The number of nitrogens with one attached hydrogen (secondary N) is 1. The molecule has 0 spiro atoms. The lowest BCUT2D eigenvalue weighted by Crippen LogP contribution is -2.52. The standard InChI is InChI=1S/C31H38ClN3O6S/c1-6-29(31(37)33-19-22(2)3)34(20-23-10-12-26(40-4)13-11-23)30(36)21-35(25-9-7-8-24(32)18-25)42(38,39)28-16-14-27(41-5)15-17-28/h7-18,22,29H,6,19-21H2,1-5H3,(H,33,37)/t29-/m1/s1. The van der Waals surface area contributed by atoms with Gasteiger partial charge in [-0.25, -0.2) is 8.42 Å². The van der Waals surface area contributed by atoms with Crippen molar-refractivity contribution in [3.05, 3.63) is 83.4 Å². The molecule has 0 aliphatic heterocycles. The number of hydrogen-bond donors (Lipinski definition) is 1. The molecule has 226 valence electrons. The Bertz CT molecular complexity index is 1450. The average molecular weight is 616 g/mol. The Kier molecular flexibility index (Phi) is 11.6. The van der Waals surface area contributed by atoms with Crippen molar-refractivity contribution in [3.8, 4) is 11.5 Å². The molecule has 2 amide bonds. The molecular formula is C31H38ClN3O6S. The maximum Gasteiger partial charge on any atom is 0.264 e. The molecule has 3 aromatic rings. The van der Waals surface area contributed by atoms with Gasteiger partial charge in [-0.3, -0.25) is 13.9 Å². The van der Waals surface area contributed by atoms with Crippen LogP contribution in [0.5, 0.6) is 11.5 Å². The monoisotopic (exact) mass is 615 g/mol. The molecule has 0 fully saturated rings. The zero-order chi connectivity index (χ0) is 30.9. The van der Waals surface area contributed by atoms with Gasteiger partial charge in [-0.05, 0) is 72.5 Å². The predicted molar refractivity (Wildman–Crippen MR) is 164 cm³/mol. The van der Waals surface area contributed by atoms with Gasteiger partial charge in [0.2, 0.25) is 11.8 Å².